The van der Waals surface area contributed by atoms with Gasteiger partial charge in [-0.25, -0.2) is 13.2 Å². The molecule has 0 saturated heterocycles. The van der Waals surface area contributed by atoms with Crippen molar-refractivity contribution in [3.63, 3.8) is 0 Å². The van der Waals surface area contributed by atoms with E-state index in [4.69, 9.17) is 16.3 Å². The van der Waals surface area contributed by atoms with Gasteiger partial charge < -0.3 is 10.1 Å². The Morgan fingerprint density at radius 2 is 1.58 bits per heavy atom. The first-order valence-electron chi connectivity index (χ1n) is 10.1. The number of anilines is 2. The predicted molar refractivity (Wildman–Crippen MR) is 129 cm³/mol. The van der Waals surface area contributed by atoms with Crippen LogP contribution in [0.3, 0.4) is 0 Å². The first-order valence-corrected chi connectivity index (χ1v) is 11.9. The highest BCUT2D eigenvalue weighted by molar-refractivity contribution is 7.92. The van der Waals surface area contributed by atoms with Crippen LogP contribution in [-0.2, 0) is 14.8 Å². The number of rotatable bonds is 7. The standard InChI is InChI=1S/C24H23ClN2O5S/c1-4-32-24(29)18-6-5-16(2)22(15-18)26-23(28)17-7-11-20(12-8-17)27(3)33(30,31)21-13-9-19(25)10-14-21/h5-15H,4H2,1-3H3,(H,26,28). The number of carbonyl (C=O) groups is 2. The molecule has 3 rings (SSSR count). The Bertz CT molecular complexity index is 1270. The van der Waals surface area contributed by atoms with Crippen molar-refractivity contribution in [3.8, 4) is 0 Å². The lowest BCUT2D eigenvalue weighted by atomic mass is 10.1. The summed E-state index contributed by atoms with van der Waals surface area (Å²) in [7, 11) is -2.35. The first kappa shape index (κ1) is 24.3. The topological polar surface area (TPSA) is 92.8 Å². The van der Waals surface area contributed by atoms with Gasteiger partial charge in [-0.15, -0.1) is 0 Å². The predicted octanol–water partition coefficient (Wildman–Crippen LogP) is 4.90. The lowest BCUT2D eigenvalue weighted by Gasteiger charge is -2.20. The molecule has 3 aromatic rings. The van der Waals surface area contributed by atoms with Crippen LogP contribution in [0, 0.1) is 6.92 Å². The van der Waals surface area contributed by atoms with Crippen molar-refractivity contribution in [3.05, 3.63) is 88.4 Å². The van der Waals surface area contributed by atoms with Crippen molar-refractivity contribution in [2.24, 2.45) is 0 Å². The average molecular weight is 487 g/mol. The molecule has 0 fully saturated rings. The number of hydrogen-bond acceptors (Lipinski definition) is 5. The van der Waals surface area contributed by atoms with Crippen LogP contribution in [0.2, 0.25) is 5.02 Å². The van der Waals surface area contributed by atoms with Gasteiger partial charge in [0.1, 0.15) is 0 Å². The van der Waals surface area contributed by atoms with E-state index in [0.717, 1.165) is 9.87 Å². The molecule has 33 heavy (non-hydrogen) atoms. The third kappa shape index (κ3) is 5.53. The normalized spacial score (nSPS) is 11.0. The number of esters is 1. The Labute approximate surface area is 198 Å². The number of hydrogen-bond donors (Lipinski definition) is 1. The second-order valence-corrected chi connectivity index (χ2v) is 9.58. The number of aryl methyl sites for hydroxylation is 1. The molecule has 0 spiro atoms. The number of amides is 1. The molecule has 0 aromatic heterocycles. The van der Waals surface area contributed by atoms with Crippen molar-refractivity contribution in [1.82, 2.24) is 0 Å². The number of nitrogens with one attached hydrogen (secondary N) is 1. The summed E-state index contributed by atoms with van der Waals surface area (Å²) in [5, 5.41) is 3.22. The quantitative estimate of drug-likeness (QED) is 0.479. The summed E-state index contributed by atoms with van der Waals surface area (Å²) in [6.45, 7) is 3.78. The van der Waals surface area contributed by atoms with Gasteiger partial charge in [-0.3, -0.25) is 9.10 Å². The zero-order chi connectivity index (χ0) is 24.2. The molecule has 0 aliphatic rings. The molecular weight excluding hydrogens is 464 g/mol. The van der Waals surface area contributed by atoms with Gasteiger partial charge >= 0.3 is 5.97 Å². The number of carbonyl (C=O) groups excluding carboxylic acids is 2. The molecule has 0 radical (unpaired) electrons. The fourth-order valence-electron chi connectivity index (χ4n) is 3.02. The van der Waals surface area contributed by atoms with Crippen LogP contribution in [0.4, 0.5) is 11.4 Å². The van der Waals surface area contributed by atoms with Crippen molar-refractivity contribution >= 4 is 44.9 Å². The zero-order valence-corrected chi connectivity index (χ0v) is 19.9. The number of nitrogens with zero attached hydrogens (tertiary/aromatic N) is 1. The van der Waals surface area contributed by atoms with Gasteiger partial charge in [-0.05, 0) is 80.1 Å². The van der Waals surface area contributed by atoms with Crippen molar-refractivity contribution in [1.29, 1.82) is 0 Å². The maximum Gasteiger partial charge on any atom is 0.338 e. The zero-order valence-electron chi connectivity index (χ0n) is 18.3. The fraction of sp³-hybridized carbons (Fsp3) is 0.167. The van der Waals surface area contributed by atoms with E-state index < -0.39 is 21.9 Å². The van der Waals surface area contributed by atoms with Gasteiger partial charge in [0.2, 0.25) is 0 Å². The summed E-state index contributed by atoms with van der Waals surface area (Å²) in [6.07, 6.45) is 0. The molecule has 0 aliphatic heterocycles. The van der Waals surface area contributed by atoms with E-state index in [1.54, 1.807) is 37.3 Å². The first-order chi connectivity index (χ1) is 15.6. The maximum atomic E-state index is 12.8. The average Bonchev–Trinajstić information content (AvgIpc) is 2.80. The molecule has 0 bridgehead atoms. The molecule has 3 aromatic carbocycles. The summed E-state index contributed by atoms with van der Waals surface area (Å²) < 4.78 is 31.8. The van der Waals surface area contributed by atoms with Crippen LogP contribution < -0.4 is 9.62 Å². The molecule has 0 saturated carbocycles. The molecule has 7 nitrogen and oxygen atoms in total. The number of benzene rings is 3. The summed E-state index contributed by atoms with van der Waals surface area (Å²) >= 11 is 5.84. The Balaban J connectivity index is 1.77. The summed E-state index contributed by atoms with van der Waals surface area (Å²) in [6, 6.07) is 17.0. The largest absolute Gasteiger partial charge is 0.462 e. The van der Waals surface area contributed by atoms with Gasteiger partial charge in [0.05, 0.1) is 22.8 Å². The Kier molecular flexibility index (Phi) is 7.40. The van der Waals surface area contributed by atoms with Gasteiger partial charge in [-0.2, -0.15) is 0 Å². The number of sulfonamides is 1. The van der Waals surface area contributed by atoms with E-state index in [2.05, 4.69) is 5.32 Å². The molecule has 0 aliphatic carbocycles. The fourth-order valence-corrected chi connectivity index (χ4v) is 4.34. The Hall–Kier alpha value is -3.36. The lowest BCUT2D eigenvalue weighted by Crippen LogP contribution is -2.26. The molecule has 9 heteroatoms. The van der Waals surface area contributed by atoms with Crippen LogP contribution in [0.15, 0.2) is 71.6 Å². The Morgan fingerprint density at radius 3 is 2.18 bits per heavy atom. The summed E-state index contributed by atoms with van der Waals surface area (Å²) in [5.41, 5.74) is 2.32. The molecule has 172 valence electrons. The van der Waals surface area contributed by atoms with Crippen molar-refractivity contribution in [2.75, 3.05) is 23.3 Å². The SMILES string of the molecule is CCOC(=O)c1ccc(C)c(NC(=O)c2ccc(N(C)S(=O)(=O)c3ccc(Cl)cc3)cc2)c1. The number of halogens is 1. The van der Waals surface area contributed by atoms with E-state index in [1.165, 1.54) is 43.4 Å². The highest BCUT2D eigenvalue weighted by Gasteiger charge is 2.21. The van der Waals surface area contributed by atoms with E-state index >= 15 is 0 Å². The van der Waals surface area contributed by atoms with E-state index in [1.807, 2.05) is 6.92 Å². The van der Waals surface area contributed by atoms with Crippen LogP contribution in [0.5, 0.6) is 0 Å². The molecule has 0 heterocycles. The van der Waals surface area contributed by atoms with Gasteiger partial charge in [0.25, 0.3) is 15.9 Å². The minimum Gasteiger partial charge on any atom is -0.462 e. The minimum atomic E-state index is -3.78. The summed E-state index contributed by atoms with van der Waals surface area (Å²) in [4.78, 5) is 24.8. The number of ether oxygens (including phenoxy) is 1. The van der Waals surface area contributed by atoms with Crippen LogP contribution >= 0.6 is 11.6 Å². The second kappa shape index (κ2) is 10.1. The van der Waals surface area contributed by atoms with Gasteiger partial charge in [0.15, 0.2) is 0 Å². The third-order valence-corrected chi connectivity index (χ3v) is 7.01. The highest BCUT2D eigenvalue weighted by atomic mass is 35.5. The van der Waals surface area contributed by atoms with Crippen LogP contribution in [0.1, 0.15) is 33.2 Å². The highest BCUT2D eigenvalue weighted by Crippen LogP contribution is 2.24. The second-order valence-electron chi connectivity index (χ2n) is 7.18. The molecule has 1 amide bonds. The van der Waals surface area contributed by atoms with Crippen molar-refractivity contribution in [2.45, 2.75) is 18.7 Å². The third-order valence-electron chi connectivity index (χ3n) is 4.96. The van der Waals surface area contributed by atoms with Gasteiger partial charge in [0, 0.05) is 23.3 Å². The van der Waals surface area contributed by atoms with Crippen LogP contribution in [0.25, 0.3) is 0 Å². The van der Waals surface area contributed by atoms with Gasteiger partial charge in [-0.1, -0.05) is 17.7 Å². The van der Waals surface area contributed by atoms with Crippen molar-refractivity contribution < 1.29 is 22.7 Å². The van der Waals surface area contributed by atoms with E-state index in [9.17, 15) is 18.0 Å². The lowest BCUT2D eigenvalue weighted by molar-refractivity contribution is 0.0526. The molecule has 0 unspecified atom stereocenters. The summed E-state index contributed by atoms with van der Waals surface area (Å²) in [5.74, 6) is -0.865. The minimum absolute atomic E-state index is 0.105. The van der Waals surface area contributed by atoms with Crippen LogP contribution in [-0.4, -0.2) is 33.9 Å². The molecule has 1 N–H and O–H groups in total. The maximum absolute atomic E-state index is 12.8. The van der Waals surface area contributed by atoms with E-state index in [0.29, 0.717) is 27.5 Å². The molecule has 0 atom stereocenters. The Morgan fingerprint density at radius 1 is 0.970 bits per heavy atom. The monoisotopic (exact) mass is 486 g/mol. The van der Waals surface area contributed by atoms with E-state index in [-0.39, 0.29) is 11.5 Å². The smallest absolute Gasteiger partial charge is 0.338 e. The molecular formula is C24H23ClN2O5S.